The molecule has 0 aliphatic rings. The zero-order valence-electron chi connectivity index (χ0n) is 17.2. The number of ether oxygens (including phenoxy) is 1. The van der Waals surface area contributed by atoms with E-state index in [0.29, 0.717) is 25.5 Å². The minimum Gasteiger partial charge on any atom is -0.492 e. The van der Waals surface area contributed by atoms with Crippen molar-refractivity contribution in [3.8, 4) is 17.1 Å². The van der Waals surface area contributed by atoms with Crippen LogP contribution < -0.4 is 15.4 Å². The average Bonchev–Trinajstić information content (AvgIpc) is 3.22. The number of hydrogen-bond donors (Lipinski definition) is 1. The van der Waals surface area contributed by atoms with Crippen LogP contribution in [0, 0.1) is 0 Å². The van der Waals surface area contributed by atoms with E-state index in [2.05, 4.69) is 15.0 Å². The molecule has 30 heavy (non-hydrogen) atoms. The van der Waals surface area contributed by atoms with Gasteiger partial charge in [0, 0.05) is 38.1 Å². The highest BCUT2D eigenvalue weighted by Crippen LogP contribution is 2.26. The minimum absolute atomic E-state index is 0.522. The number of fused-ring (bicyclic) bond motifs is 1. The van der Waals surface area contributed by atoms with Crippen LogP contribution in [0.5, 0.6) is 5.75 Å². The van der Waals surface area contributed by atoms with Gasteiger partial charge in [0.25, 0.3) is 0 Å². The van der Waals surface area contributed by atoms with E-state index in [1.165, 1.54) is 0 Å². The van der Waals surface area contributed by atoms with E-state index in [1.807, 2.05) is 61.2 Å². The van der Waals surface area contributed by atoms with Gasteiger partial charge in [-0.05, 0) is 36.8 Å². The summed E-state index contributed by atoms with van der Waals surface area (Å²) in [7, 11) is 2.00. The molecule has 0 radical (unpaired) electrons. The fourth-order valence-electron chi connectivity index (χ4n) is 3.22. The van der Waals surface area contributed by atoms with Gasteiger partial charge in [0.15, 0.2) is 11.5 Å². The quantitative estimate of drug-likeness (QED) is 0.483. The van der Waals surface area contributed by atoms with Crippen molar-refractivity contribution >= 4 is 16.9 Å². The molecule has 0 bridgehead atoms. The second-order valence-corrected chi connectivity index (χ2v) is 6.93. The van der Waals surface area contributed by atoms with E-state index in [1.54, 1.807) is 12.4 Å². The van der Waals surface area contributed by atoms with Gasteiger partial charge in [-0.25, -0.2) is 14.6 Å². The van der Waals surface area contributed by atoms with Crippen molar-refractivity contribution in [3.05, 3.63) is 60.6 Å². The van der Waals surface area contributed by atoms with Gasteiger partial charge < -0.3 is 15.4 Å². The molecule has 0 saturated carbocycles. The van der Waals surface area contributed by atoms with Crippen molar-refractivity contribution in [1.82, 2.24) is 24.7 Å². The Balaban J connectivity index is 1.57. The summed E-state index contributed by atoms with van der Waals surface area (Å²) in [6.45, 7) is 4.49. The molecule has 2 N–H and O–H groups in total. The Labute approximate surface area is 175 Å². The summed E-state index contributed by atoms with van der Waals surface area (Å²) in [6, 6.07) is 11.7. The highest BCUT2D eigenvalue weighted by molar-refractivity contribution is 5.88. The second-order valence-electron chi connectivity index (χ2n) is 6.93. The summed E-state index contributed by atoms with van der Waals surface area (Å²) in [5.74, 6) is 2.27. The zero-order chi connectivity index (χ0) is 20.9. The van der Waals surface area contributed by atoms with Crippen molar-refractivity contribution in [2.45, 2.75) is 20.0 Å². The van der Waals surface area contributed by atoms with Gasteiger partial charge in [-0.15, -0.1) is 0 Å². The van der Waals surface area contributed by atoms with E-state index in [9.17, 15) is 0 Å². The van der Waals surface area contributed by atoms with Crippen LogP contribution in [-0.4, -0.2) is 44.9 Å². The van der Waals surface area contributed by atoms with E-state index in [-0.39, 0.29) is 0 Å². The summed E-state index contributed by atoms with van der Waals surface area (Å²) < 4.78 is 7.77. The largest absolute Gasteiger partial charge is 0.492 e. The molecule has 4 aromatic rings. The van der Waals surface area contributed by atoms with Crippen LogP contribution in [0.15, 0.2) is 55.0 Å². The maximum absolute atomic E-state index is 5.89. The Kier molecular flexibility index (Phi) is 5.85. The number of hydrogen-bond acceptors (Lipinski definition) is 7. The fourth-order valence-corrected chi connectivity index (χ4v) is 3.22. The maximum Gasteiger partial charge on any atom is 0.165 e. The lowest BCUT2D eigenvalue weighted by molar-refractivity contribution is 0.325. The molecule has 0 aliphatic heterocycles. The summed E-state index contributed by atoms with van der Waals surface area (Å²) in [4.78, 5) is 15.8. The molecule has 0 aliphatic carbocycles. The van der Waals surface area contributed by atoms with Crippen molar-refractivity contribution in [2.24, 2.45) is 5.73 Å². The molecule has 0 atom stereocenters. The second kappa shape index (κ2) is 8.87. The van der Waals surface area contributed by atoms with Crippen LogP contribution in [0.4, 0.5) is 5.82 Å². The molecule has 8 heteroatoms. The Morgan fingerprint density at radius 3 is 2.63 bits per heavy atom. The number of anilines is 1. The lowest BCUT2D eigenvalue weighted by Gasteiger charge is -2.20. The Morgan fingerprint density at radius 2 is 1.93 bits per heavy atom. The molecule has 1 aromatic carbocycles. The Hall–Kier alpha value is -3.52. The predicted molar refractivity (Wildman–Crippen MR) is 117 cm³/mol. The lowest BCUT2D eigenvalue weighted by Crippen LogP contribution is -2.25. The SMILES string of the molecule is CCn1ncc2c(N(C)CCOc3ccc(CN)cc3)nc(-c3cccnc3)nc21. The van der Waals surface area contributed by atoms with Crippen LogP contribution in [0.1, 0.15) is 12.5 Å². The third-order valence-corrected chi connectivity index (χ3v) is 4.91. The van der Waals surface area contributed by atoms with Crippen molar-refractivity contribution < 1.29 is 4.74 Å². The smallest absolute Gasteiger partial charge is 0.165 e. The zero-order valence-corrected chi connectivity index (χ0v) is 17.2. The minimum atomic E-state index is 0.522. The molecular weight excluding hydrogens is 378 g/mol. The van der Waals surface area contributed by atoms with Crippen LogP contribution in [0.2, 0.25) is 0 Å². The standard InChI is InChI=1S/C22H25N7O/c1-3-29-22-19(15-25-29)21(26-20(27-22)17-5-4-10-24-14-17)28(2)11-12-30-18-8-6-16(13-23)7-9-18/h4-10,14-15H,3,11-13,23H2,1-2H3. The van der Waals surface area contributed by atoms with E-state index in [0.717, 1.165) is 40.3 Å². The molecule has 4 rings (SSSR count). The molecule has 0 unspecified atom stereocenters. The van der Waals surface area contributed by atoms with Crippen molar-refractivity contribution in [3.63, 3.8) is 0 Å². The van der Waals surface area contributed by atoms with E-state index < -0.39 is 0 Å². The molecule has 8 nitrogen and oxygen atoms in total. The molecular formula is C22H25N7O. The topological polar surface area (TPSA) is 95.0 Å². The third-order valence-electron chi connectivity index (χ3n) is 4.91. The van der Waals surface area contributed by atoms with E-state index in [4.69, 9.17) is 20.4 Å². The molecule has 0 saturated heterocycles. The average molecular weight is 403 g/mol. The first-order valence-corrected chi connectivity index (χ1v) is 9.96. The van der Waals surface area contributed by atoms with Crippen molar-refractivity contribution in [1.29, 1.82) is 0 Å². The number of aryl methyl sites for hydroxylation is 1. The third kappa shape index (κ3) is 4.08. The van der Waals surface area contributed by atoms with E-state index >= 15 is 0 Å². The number of rotatable bonds is 8. The van der Waals surface area contributed by atoms with Crippen LogP contribution in [0.3, 0.4) is 0 Å². The summed E-state index contributed by atoms with van der Waals surface area (Å²) in [5, 5.41) is 5.38. The summed E-state index contributed by atoms with van der Waals surface area (Å²) >= 11 is 0. The summed E-state index contributed by atoms with van der Waals surface area (Å²) in [5.41, 5.74) is 8.41. The van der Waals surface area contributed by atoms with Gasteiger partial charge in [-0.3, -0.25) is 4.98 Å². The number of pyridine rings is 1. The molecule has 0 fully saturated rings. The Morgan fingerprint density at radius 1 is 1.10 bits per heavy atom. The number of nitrogens with zero attached hydrogens (tertiary/aromatic N) is 6. The number of aromatic nitrogens is 5. The van der Waals surface area contributed by atoms with Gasteiger partial charge in [0.1, 0.15) is 18.2 Å². The highest BCUT2D eigenvalue weighted by Gasteiger charge is 2.16. The van der Waals surface area contributed by atoms with Crippen molar-refractivity contribution in [2.75, 3.05) is 25.1 Å². The van der Waals surface area contributed by atoms with Gasteiger partial charge in [0.2, 0.25) is 0 Å². The maximum atomic E-state index is 5.89. The van der Waals surface area contributed by atoms with Gasteiger partial charge in [0.05, 0.1) is 18.1 Å². The molecule has 3 aromatic heterocycles. The fraction of sp³-hybridized carbons (Fsp3) is 0.273. The first-order valence-electron chi connectivity index (χ1n) is 9.96. The monoisotopic (exact) mass is 403 g/mol. The number of nitrogens with two attached hydrogens (primary N) is 1. The van der Waals surface area contributed by atoms with Crippen LogP contribution in [0.25, 0.3) is 22.4 Å². The normalized spacial score (nSPS) is 11.0. The lowest BCUT2D eigenvalue weighted by atomic mass is 10.2. The van der Waals surface area contributed by atoms with Crippen LogP contribution in [-0.2, 0) is 13.1 Å². The Bertz CT molecular complexity index is 1110. The van der Waals surface area contributed by atoms with Gasteiger partial charge in [-0.2, -0.15) is 5.10 Å². The molecule has 3 heterocycles. The van der Waals surface area contributed by atoms with Gasteiger partial charge in [-0.1, -0.05) is 12.1 Å². The molecule has 154 valence electrons. The van der Waals surface area contributed by atoms with Crippen LogP contribution >= 0.6 is 0 Å². The summed E-state index contributed by atoms with van der Waals surface area (Å²) in [6.07, 6.45) is 5.33. The van der Waals surface area contributed by atoms with Gasteiger partial charge >= 0.3 is 0 Å². The molecule has 0 amide bonds. The highest BCUT2D eigenvalue weighted by atomic mass is 16.5. The first-order chi connectivity index (χ1) is 14.7. The first kappa shape index (κ1) is 19.8. The number of likely N-dealkylation sites (N-methyl/N-ethyl adjacent to an activating group) is 1. The molecule has 0 spiro atoms. The predicted octanol–water partition coefficient (Wildman–Crippen LogP) is 2.88. The number of benzene rings is 1.